The number of hydrogen-bond acceptors (Lipinski definition) is 6. The van der Waals surface area contributed by atoms with Crippen molar-refractivity contribution < 1.29 is 9.53 Å². The summed E-state index contributed by atoms with van der Waals surface area (Å²) in [6.07, 6.45) is 0.776. The van der Waals surface area contributed by atoms with Crippen LogP contribution in [0.4, 0.5) is 0 Å². The minimum Gasteiger partial charge on any atom is -0.465 e. The van der Waals surface area contributed by atoms with Crippen LogP contribution in [0.1, 0.15) is 19.5 Å². The van der Waals surface area contributed by atoms with Crippen molar-refractivity contribution in [3.63, 3.8) is 0 Å². The number of carbonyl (C=O) groups excluding carboxylic acids is 1. The largest absolute Gasteiger partial charge is 0.465 e. The van der Waals surface area contributed by atoms with Gasteiger partial charge in [0.15, 0.2) is 5.16 Å². The summed E-state index contributed by atoms with van der Waals surface area (Å²) in [4.78, 5) is 30.0. The number of rotatable bonds is 5. The molecule has 5 nitrogen and oxygen atoms in total. The maximum absolute atomic E-state index is 13.0. The minimum absolute atomic E-state index is 0.0630. The SMILES string of the molecule is CCOC(=O)CSc1nc2c(c(=O)n1-c1ccccc1)SC(C)C2. The van der Waals surface area contributed by atoms with Crippen molar-refractivity contribution in [2.24, 2.45) is 0 Å². The lowest BCUT2D eigenvalue weighted by Gasteiger charge is -2.13. The van der Waals surface area contributed by atoms with Gasteiger partial charge in [0.05, 0.1) is 28.6 Å². The molecule has 1 aromatic heterocycles. The number of nitrogens with zero attached hydrogens (tertiary/aromatic N) is 2. The molecule has 0 aliphatic carbocycles. The average Bonchev–Trinajstić information content (AvgIpc) is 2.95. The number of fused-ring (bicyclic) bond motifs is 1. The molecule has 24 heavy (non-hydrogen) atoms. The monoisotopic (exact) mass is 362 g/mol. The van der Waals surface area contributed by atoms with Gasteiger partial charge in [-0.15, -0.1) is 11.8 Å². The second kappa shape index (κ2) is 7.44. The van der Waals surface area contributed by atoms with Crippen LogP contribution in [0.3, 0.4) is 0 Å². The van der Waals surface area contributed by atoms with Gasteiger partial charge in [0.1, 0.15) is 0 Å². The maximum Gasteiger partial charge on any atom is 0.316 e. The molecule has 0 fully saturated rings. The zero-order valence-corrected chi connectivity index (χ0v) is 15.2. The molecule has 1 unspecified atom stereocenters. The Hall–Kier alpha value is -1.73. The van der Waals surface area contributed by atoms with E-state index in [0.29, 0.717) is 21.9 Å². The molecule has 2 aromatic rings. The lowest BCUT2D eigenvalue weighted by molar-refractivity contribution is -0.139. The third kappa shape index (κ3) is 3.52. The summed E-state index contributed by atoms with van der Waals surface area (Å²) in [5.74, 6) is -0.172. The van der Waals surface area contributed by atoms with Gasteiger partial charge in [-0.2, -0.15) is 0 Å². The molecule has 0 bridgehead atoms. The van der Waals surface area contributed by atoms with Crippen LogP contribution in [0, 0.1) is 0 Å². The molecular weight excluding hydrogens is 344 g/mol. The van der Waals surface area contributed by atoms with Gasteiger partial charge in [-0.05, 0) is 19.1 Å². The first-order valence-corrected chi connectivity index (χ1v) is 9.63. The van der Waals surface area contributed by atoms with Crippen LogP contribution in [-0.4, -0.2) is 33.1 Å². The van der Waals surface area contributed by atoms with E-state index in [4.69, 9.17) is 4.74 Å². The van der Waals surface area contributed by atoms with Gasteiger partial charge >= 0.3 is 5.97 Å². The first-order chi connectivity index (χ1) is 11.6. The number of para-hydroxylation sites is 1. The van der Waals surface area contributed by atoms with E-state index in [9.17, 15) is 9.59 Å². The van der Waals surface area contributed by atoms with Crippen molar-refractivity contribution in [1.29, 1.82) is 0 Å². The van der Waals surface area contributed by atoms with Crippen LogP contribution >= 0.6 is 23.5 Å². The van der Waals surface area contributed by atoms with E-state index in [2.05, 4.69) is 11.9 Å². The predicted molar refractivity (Wildman–Crippen MR) is 96.2 cm³/mol. The smallest absolute Gasteiger partial charge is 0.316 e. The van der Waals surface area contributed by atoms with E-state index < -0.39 is 0 Å². The highest BCUT2D eigenvalue weighted by Gasteiger charge is 2.27. The zero-order chi connectivity index (χ0) is 17.1. The van der Waals surface area contributed by atoms with E-state index in [1.54, 1.807) is 23.3 Å². The topological polar surface area (TPSA) is 61.2 Å². The normalized spacial score (nSPS) is 16.0. The minimum atomic E-state index is -0.306. The van der Waals surface area contributed by atoms with Crippen molar-refractivity contribution in [3.8, 4) is 5.69 Å². The number of hydrogen-bond donors (Lipinski definition) is 0. The zero-order valence-electron chi connectivity index (χ0n) is 13.5. The third-order valence-electron chi connectivity index (χ3n) is 3.52. The Morgan fingerprint density at radius 1 is 1.42 bits per heavy atom. The molecule has 2 heterocycles. The molecular formula is C17H18N2O3S2. The fraction of sp³-hybridized carbons (Fsp3) is 0.353. The Kier molecular flexibility index (Phi) is 5.30. The van der Waals surface area contributed by atoms with E-state index in [-0.39, 0.29) is 17.3 Å². The molecule has 3 rings (SSSR count). The van der Waals surface area contributed by atoms with Crippen molar-refractivity contribution in [2.75, 3.05) is 12.4 Å². The fourth-order valence-corrected chi connectivity index (χ4v) is 4.45. The molecule has 126 valence electrons. The molecule has 0 spiro atoms. The van der Waals surface area contributed by atoms with E-state index in [1.165, 1.54) is 11.8 Å². The van der Waals surface area contributed by atoms with Gasteiger partial charge in [0, 0.05) is 11.7 Å². The second-order valence-corrected chi connectivity index (χ2v) is 7.76. The summed E-state index contributed by atoms with van der Waals surface area (Å²) < 4.78 is 6.56. The number of carbonyl (C=O) groups is 1. The summed E-state index contributed by atoms with van der Waals surface area (Å²) in [6.45, 7) is 4.20. The molecule has 0 amide bonds. The predicted octanol–water partition coefficient (Wildman–Crippen LogP) is 2.92. The van der Waals surface area contributed by atoms with Crippen LogP contribution in [0.5, 0.6) is 0 Å². The Balaban J connectivity index is 2.03. The molecule has 1 aliphatic heterocycles. The van der Waals surface area contributed by atoms with Crippen molar-refractivity contribution in [2.45, 2.75) is 35.6 Å². The molecule has 0 radical (unpaired) electrons. The molecule has 1 atom stereocenters. The highest BCUT2D eigenvalue weighted by atomic mass is 32.2. The number of aromatic nitrogens is 2. The van der Waals surface area contributed by atoms with Crippen molar-refractivity contribution in [1.82, 2.24) is 9.55 Å². The molecule has 0 N–H and O–H groups in total. The maximum atomic E-state index is 13.0. The number of thioether (sulfide) groups is 2. The lowest BCUT2D eigenvalue weighted by atomic mass is 10.2. The first kappa shape index (κ1) is 17.1. The Morgan fingerprint density at radius 3 is 2.88 bits per heavy atom. The lowest BCUT2D eigenvalue weighted by Crippen LogP contribution is -2.24. The highest BCUT2D eigenvalue weighted by Crippen LogP contribution is 2.34. The second-order valence-electron chi connectivity index (χ2n) is 5.37. The molecule has 0 saturated carbocycles. The Labute approximate surface area is 148 Å². The summed E-state index contributed by atoms with van der Waals surface area (Å²) in [5.41, 5.74) is 1.52. The average molecular weight is 362 g/mol. The molecule has 0 saturated heterocycles. The third-order valence-corrected chi connectivity index (χ3v) is 5.65. The number of ether oxygens (including phenoxy) is 1. The van der Waals surface area contributed by atoms with Gasteiger partial charge in [0.25, 0.3) is 5.56 Å². The molecule has 7 heteroatoms. The van der Waals surface area contributed by atoms with Crippen LogP contribution in [0.25, 0.3) is 5.69 Å². The fourth-order valence-electron chi connectivity index (χ4n) is 2.53. The first-order valence-electron chi connectivity index (χ1n) is 7.76. The Morgan fingerprint density at radius 2 is 2.17 bits per heavy atom. The van der Waals surface area contributed by atoms with E-state index in [0.717, 1.165) is 17.8 Å². The van der Waals surface area contributed by atoms with E-state index in [1.807, 2.05) is 30.3 Å². The van der Waals surface area contributed by atoms with Gasteiger partial charge < -0.3 is 4.74 Å². The number of benzene rings is 1. The highest BCUT2D eigenvalue weighted by molar-refractivity contribution is 8.00. The Bertz CT molecular complexity index is 805. The van der Waals surface area contributed by atoms with Gasteiger partial charge in [-0.1, -0.05) is 36.9 Å². The van der Waals surface area contributed by atoms with Crippen molar-refractivity contribution >= 4 is 29.5 Å². The van der Waals surface area contributed by atoms with Crippen molar-refractivity contribution in [3.05, 3.63) is 46.4 Å². The van der Waals surface area contributed by atoms with Gasteiger partial charge in [0.2, 0.25) is 0 Å². The van der Waals surface area contributed by atoms with E-state index >= 15 is 0 Å². The van der Waals surface area contributed by atoms with Gasteiger partial charge in [-0.25, -0.2) is 4.98 Å². The van der Waals surface area contributed by atoms with Crippen LogP contribution in [0.15, 0.2) is 45.2 Å². The summed E-state index contributed by atoms with van der Waals surface area (Å²) in [5, 5.41) is 0.877. The summed E-state index contributed by atoms with van der Waals surface area (Å²) in [6, 6.07) is 9.40. The number of esters is 1. The molecule has 1 aliphatic rings. The van der Waals surface area contributed by atoms with Crippen LogP contribution in [-0.2, 0) is 16.0 Å². The van der Waals surface area contributed by atoms with Crippen LogP contribution < -0.4 is 5.56 Å². The van der Waals surface area contributed by atoms with Crippen LogP contribution in [0.2, 0.25) is 0 Å². The molecule has 1 aromatic carbocycles. The standard InChI is InChI=1S/C17H18N2O3S2/c1-3-22-14(20)10-23-17-18-13-9-11(2)24-15(13)16(21)19(17)12-7-5-4-6-8-12/h4-8,11H,3,9-10H2,1-2H3. The summed E-state index contributed by atoms with van der Waals surface area (Å²) >= 11 is 2.81. The van der Waals surface area contributed by atoms with Gasteiger partial charge in [-0.3, -0.25) is 14.2 Å². The summed E-state index contributed by atoms with van der Waals surface area (Å²) in [7, 11) is 0. The quantitative estimate of drug-likeness (QED) is 0.463.